The van der Waals surface area contributed by atoms with Crippen molar-refractivity contribution in [2.45, 2.75) is 78.3 Å². The number of nitrogens with zero attached hydrogens (tertiary/aromatic N) is 2. The summed E-state index contributed by atoms with van der Waals surface area (Å²) >= 11 is 0. The van der Waals surface area contributed by atoms with Crippen molar-refractivity contribution in [1.82, 2.24) is 10.2 Å². The van der Waals surface area contributed by atoms with Gasteiger partial charge >= 0.3 is 0 Å². The van der Waals surface area contributed by atoms with E-state index in [-0.39, 0.29) is 5.54 Å². The van der Waals surface area contributed by atoms with E-state index in [0.717, 1.165) is 19.4 Å². The van der Waals surface area contributed by atoms with Gasteiger partial charge in [0.25, 0.3) is 0 Å². The molecule has 0 aromatic carbocycles. The van der Waals surface area contributed by atoms with Gasteiger partial charge in [-0.15, -0.1) is 0 Å². The Morgan fingerprint density at radius 2 is 2.00 bits per heavy atom. The van der Waals surface area contributed by atoms with Gasteiger partial charge in [0.1, 0.15) is 5.54 Å². The molecule has 0 aliphatic carbocycles. The second-order valence-corrected chi connectivity index (χ2v) is 7.71. The van der Waals surface area contributed by atoms with E-state index in [1.165, 1.54) is 32.4 Å². The first-order valence-electron chi connectivity index (χ1n) is 8.18. The van der Waals surface area contributed by atoms with Crippen LogP contribution in [0.25, 0.3) is 0 Å². The summed E-state index contributed by atoms with van der Waals surface area (Å²) < 4.78 is 0. The molecule has 1 aliphatic heterocycles. The number of nitrogens with one attached hydrogen (secondary N) is 1. The number of rotatable bonds is 6. The molecule has 116 valence electrons. The zero-order valence-electron chi connectivity index (χ0n) is 14.1. The zero-order valence-corrected chi connectivity index (χ0v) is 14.1. The summed E-state index contributed by atoms with van der Waals surface area (Å²) in [4.78, 5) is 2.59. The highest BCUT2D eigenvalue weighted by molar-refractivity contribution is 5.04. The quantitative estimate of drug-likeness (QED) is 0.808. The van der Waals surface area contributed by atoms with E-state index in [2.05, 4.69) is 44.0 Å². The molecule has 1 saturated heterocycles. The standard InChI is InChI=1S/C17H33N3/c1-15(2)19-17(5,14-18)9-7-12-20-11-6-8-16(3,4)10-13-20/h15,19H,6-13H2,1-5H3. The number of hydrogen-bond donors (Lipinski definition) is 1. The Balaban J connectivity index is 2.34. The molecule has 3 heteroatoms. The van der Waals surface area contributed by atoms with Gasteiger partial charge < -0.3 is 4.90 Å². The van der Waals surface area contributed by atoms with Crippen molar-refractivity contribution in [3.8, 4) is 6.07 Å². The van der Waals surface area contributed by atoms with Crippen LogP contribution < -0.4 is 5.32 Å². The third kappa shape index (κ3) is 6.24. The van der Waals surface area contributed by atoms with E-state index in [4.69, 9.17) is 0 Å². The molecular formula is C17H33N3. The molecule has 1 N–H and O–H groups in total. The van der Waals surface area contributed by atoms with Crippen molar-refractivity contribution in [3.05, 3.63) is 0 Å². The topological polar surface area (TPSA) is 39.1 Å². The molecule has 0 bridgehead atoms. The fourth-order valence-corrected chi connectivity index (χ4v) is 3.16. The Morgan fingerprint density at radius 1 is 1.30 bits per heavy atom. The molecule has 1 atom stereocenters. The molecule has 0 aromatic rings. The summed E-state index contributed by atoms with van der Waals surface area (Å²) in [6, 6.07) is 2.80. The first-order chi connectivity index (χ1) is 9.26. The maximum atomic E-state index is 9.36. The van der Waals surface area contributed by atoms with Crippen LogP contribution in [0.5, 0.6) is 0 Å². The largest absolute Gasteiger partial charge is 0.303 e. The summed E-state index contributed by atoms with van der Waals surface area (Å²) in [5.74, 6) is 0. The van der Waals surface area contributed by atoms with Crippen LogP contribution >= 0.6 is 0 Å². The summed E-state index contributed by atoms with van der Waals surface area (Å²) in [5, 5.41) is 12.7. The highest BCUT2D eigenvalue weighted by Crippen LogP contribution is 2.29. The lowest BCUT2D eigenvalue weighted by molar-refractivity contribution is 0.248. The summed E-state index contributed by atoms with van der Waals surface area (Å²) in [7, 11) is 0. The maximum absolute atomic E-state index is 9.36. The van der Waals surface area contributed by atoms with Gasteiger partial charge in [0, 0.05) is 6.04 Å². The fraction of sp³-hybridized carbons (Fsp3) is 0.941. The van der Waals surface area contributed by atoms with Crippen molar-refractivity contribution in [1.29, 1.82) is 5.26 Å². The van der Waals surface area contributed by atoms with Gasteiger partial charge in [0.15, 0.2) is 0 Å². The van der Waals surface area contributed by atoms with Gasteiger partial charge in [-0.3, -0.25) is 5.32 Å². The summed E-state index contributed by atoms with van der Waals surface area (Å²) in [6.07, 6.45) is 5.99. The van der Waals surface area contributed by atoms with E-state index in [1.807, 2.05) is 6.92 Å². The number of hydrogen-bond acceptors (Lipinski definition) is 3. The van der Waals surface area contributed by atoms with Crippen LogP contribution in [0.3, 0.4) is 0 Å². The van der Waals surface area contributed by atoms with Crippen LogP contribution in [0.15, 0.2) is 0 Å². The lowest BCUT2D eigenvalue weighted by Gasteiger charge is -2.28. The molecule has 1 aliphatic rings. The second-order valence-electron chi connectivity index (χ2n) is 7.71. The third-order valence-electron chi connectivity index (χ3n) is 4.44. The van der Waals surface area contributed by atoms with E-state index in [9.17, 15) is 5.26 Å². The average molecular weight is 279 g/mol. The monoisotopic (exact) mass is 279 g/mol. The summed E-state index contributed by atoms with van der Waals surface area (Å²) in [6.45, 7) is 14.6. The van der Waals surface area contributed by atoms with Gasteiger partial charge in [-0.05, 0) is 77.9 Å². The Hall–Kier alpha value is -0.590. The number of nitriles is 1. The SMILES string of the molecule is CC(C)NC(C)(C#N)CCCN1CCCC(C)(C)CC1. The van der Waals surface area contributed by atoms with Crippen LogP contribution in [-0.4, -0.2) is 36.1 Å². The maximum Gasteiger partial charge on any atom is 0.104 e. The van der Waals surface area contributed by atoms with Crippen molar-refractivity contribution in [3.63, 3.8) is 0 Å². The Labute approximate surface area is 125 Å². The highest BCUT2D eigenvalue weighted by atomic mass is 15.1. The molecule has 1 rings (SSSR count). The normalized spacial score (nSPS) is 23.1. The van der Waals surface area contributed by atoms with Gasteiger partial charge in [-0.2, -0.15) is 5.26 Å². The third-order valence-corrected chi connectivity index (χ3v) is 4.44. The zero-order chi connectivity index (χ0) is 15.2. The smallest absolute Gasteiger partial charge is 0.104 e. The average Bonchev–Trinajstić information content (AvgIpc) is 2.50. The lowest BCUT2D eigenvalue weighted by atomic mass is 9.85. The van der Waals surface area contributed by atoms with E-state index >= 15 is 0 Å². The van der Waals surface area contributed by atoms with Crippen LogP contribution in [0.4, 0.5) is 0 Å². The Bertz CT molecular complexity index is 330. The van der Waals surface area contributed by atoms with Crippen LogP contribution in [0.2, 0.25) is 0 Å². The Morgan fingerprint density at radius 3 is 2.60 bits per heavy atom. The number of likely N-dealkylation sites (tertiary alicyclic amines) is 1. The van der Waals surface area contributed by atoms with Gasteiger partial charge in [0.05, 0.1) is 6.07 Å². The van der Waals surface area contributed by atoms with E-state index in [0.29, 0.717) is 11.5 Å². The van der Waals surface area contributed by atoms with E-state index in [1.54, 1.807) is 0 Å². The lowest BCUT2D eigenvalue weighted by Crippen LogP contribution is -2.45. The molecule has 0 radical (unpaired) electrons. The molecule has 1 heterocycles. The van der Waals surface area contributed by atoms with E-state index < -0.39 is 0 Å². The minimum absolute atomic E-state index is 0.360. The summed E-state index contributed by atoms with van der Waals surface area (Å²) in [5.41, 5.74) is 0.133. The van der Waals surface area contributed by atoms with Crippen molar-refractivity contribution in [2.24, 2.45) is 5.41 Å². The van der Waals surface area contributed by atoms with Crippen molar-refractivity contribution in [2.75, 3.05) is 19.6 Å². The molecule has 0 aromatic heterocycles. The van der Waals surface area contributed by atoms with Crippen molar-refractivity contribution < 1.29 is 0 Å². The molecule has 20 heavy (non-hydrogen) atoms. The van der Waals surface area contributed by atoms with Crippen LogP contribution in [-0.2, 0) is 0 Å². The minimum atomic E-state index is -0.376. The first kappa shape index (κ1) is 17.5. The van der Waals surface area contributed by atoms with Crippen molar-refractivity contribution >= 4 is 0 Å². The van der Waals surface area contributed by atoms with Gasteiger partial charge in [-0.25, -0.2) is 0 Å². The molecular weight excluding hydrogens is 246 g/mol. The first-order valence-corrected chi connectivity index (χ1v) is 8.18. The molecule has 1 unspecified atom stereocenters. The molecule has 0 saturated carbocycles. The van der Waals surface area contributed by atoms with Crippen LogP contribution in [0, 0.1) is 16.7 Å². The Kier molecular flexibility index (Phi) is 6.48. The molecule has 1 fully saturated rings. The van der Waals surface area contributed by atoms with Gasteiger partial charge in [-0.1, -0.05) is 13.8 Å². The molecule has 0 spiro atoms. The highest BCUT2D eigenvalue weighted by Gasteiger charge is 2.25. The minimum Gasteiger partial charge on any atom is -0.303 e. The van der Waals surface area contributed by atoms with Crippen LogP contribution in [0.1, 0.15) is 66.7 Å². The molecule has 0 amide bonds. The molecule has 3 nitrogen and oxygen atoms in total. The predicted octanol–water partition coefficient (Wildman–Crippen LogP) is 3.56. The fourth-order valence-electron chi connectivity index (χ4n) is 3.16. The van der Waals surface area contributed by atoms with Gasteiger partial charge in [0.2, 0.25) is 0 Å². The predicted molar refractivity (Wildman–Crippen MR) is 85.6 cm³/mol. The second kappa shape index (κ2) is 7.43.